The molecule has 0 spiro atoms. The minimum Gasteiger partial charge on any atom is -0.399 e. The van der Waals surface area contributed by atoms with E-state index in [0.29, 0.717) is 21.4 Å². The normalized spacial score (nSPS) is 10.1. The molecule has 1 heterocycles. The maximum atomic E-state index is 11.7. The lowest BCUT2D eigenvalue weighted by molar-refractivity contribution is 0.102. The summed E-state index contributed by atoms with van der Waals surface area (Å²) in [5.74, 6) is -0.354. The van der Waals surface area contributed by atoms with Gasteiger partial charge in [-0.15, -0.1) is 0 Å². The van der Waals surface area contributed by atoms with E-state index in [2.05, 4.69) is 20.1 Å². The second-order valence-corrected chi connectivity index (χ2v) is 4.06. The number of nitrogens with one attached hydrogen (secondary N) is 1. The van der Waals surface area contributed by atoms with Crippen LogP contribution in [0, 0.1) is 0 Å². The second-order valence-electron chi connectivity index (χ2n) is 2.89. The van der Waals surface area contributed by atoms with Gasteiger partial charge in [0.15, 0.2) is 0 Å². The number of halogens is 1. The molecule has 16 heavy (non-hydrogen) atoms. The molecule has 0 aliphatic heterocycles. The van der Waals surface area contributed by atoms with Gasteiger partial charge in [-0.3, -0.25) is 10.1 Å². The highest BCUT2D eigenvalue weighted by Gasteiger charge is 2.09. The van der Waals surface area contributed by atoms with E-state index in [1.165, 1.54) is 12.1 Å². The second kappa shape index (κ2) is 4.42. The van der Waals surface area contributed by atoms with Gasteiger partial charge in [-0.2, -0.15) is 0 Å². The maximum absolute atomic E-state index is 11.7. The summed E-state index contributed by atoms with van der Waals surface area (Å²) in [6, 6.07) is 4.60. The third-order valence-electron chi connectivity index (χ3n) is 1.70. The Bertz CT molecular complexity index is 495. The number of carbonyl (C=O) groups excluding carboxylic acids is 1. The molecule has 0 atom stereocenters. The standard InChI is InChI=1S/C8H6ClN5OS/c9-5-1-4(2-6(10)3-5)7(15)11-8-12-13-14-16-8/h1-3H,10H2,(H,11,12,14,15). The van der Waals surface area contributed by atoms with Crippen molar-refractivity contribution in [3.8, 4) is 0 Å². The topological polar surface area (TPSA) is 93.8 Å². The van der Waals surface area contributed by atoms with Gasteiger partial charge in [0.2, 0.25) is 5.13 Å². The number of benzene rings is 1. The van der Waals surface area contributed by atoms with Crippen LogP contribution in [0.1, 0.15) is 10.4 Å². The van der Waals surface area contributed by atoms with Crippen molar-refractivity contribution < 1.29 is 4.79 Å². The van der Waals surface area contributed by atoms with Crippen LogP contribution >= 0.6 is 23.1 Å². The van der Waals surface area contributed by atoms with Crippen LogP contribution in [0.2, 0.25) is 5.02 Å². The number of hydrogen-bond acceptors (Lipinski definition) is 6. The van der Waals surface area contributed by atoms with E-state index in [1.54, 1.807) is 6.07 Å². The molecule has 0 saturated carbocycles. The molecule has 6 nitrogen and oxygen atoms in total. The molecule has 1 aromatic heterocycles. The number of carbonyl (C=O) groups is 1. The molecule has 2 aromatic rings. The molecule has 1 amide bonds. The summed E-state index contributed by atoms with van der Waals surface area (Å²) in [6.45, 7) is 0. The summed E-state index contributed by atoms with van der Waals surface area (Å²) >= 11 is 6.76. The fourth-order valence-electron chi connectivity index (χ4n) is 1.09. The highest BCUT2D eigenvalue weighted by molar-refractivity contribution is 7.09. The Kier molecular flexibility index (Phi) is 2.97. The van der Waals surface area contributed by atoms with Crippen molar-refractivity contribution in [1.82, 2.24) is 14.8 Å². The minimum atomic E-state index is -0.354. The van der Waals surface area contributed by atoms with Gasteiger partial charge in [0.05, 0.1) is 0 Å². The summed E-state index contributed by atoms with van der Waals surface area (Å²) in [7, 11) is 0. The molecule has 0 fully saturated rings. The Morgan fingerprint density at radius 2 is 2.25 bits per heavy atom. The molecule has 0 saturated heterocycles. The average molecular weight is 256 g/mol. The first-order chi connectivity index (χ1) is 7.65. The lowest BCUT2D eigenvalue weighted by Gasteiger charge is -2.02. The predicted molar refractivity (Wildman–Crippen MR) is 61.5 cm³/mol. The number of amides is 1. The Hall–Kier alpha value is -1.73. The number of hydrogen-bond donors (Lipinski definition) is 2. The van der Waals surface area contributed by atoms with Crippen molar-refractivity contribution in [2.45, 2.75) is 0 Å². The van der Waals surface area contributed by atoms with Crippen LogP contribution in [-0.4, -0.2) is 20.7 Å². The first kappa shape index (κ1) is 10.8. The average Bonchev–Trinajstić information content (AvgIpc) is 2.68. The lowest BCUT2D eigenvalue weighted by atomic mass is 10.2. The summed E-state index contributed by atoms with van der Waals surface area (Å²) < 4.78 is 3.52. The number of anilines is 2. The van der Waals surface area contributed by atoms with Crippen LogP contribution in [0.3, 0.4) is 0 Å². The molecule has 8 heteroatoms. The van der Waals surface area contributed by atoms with Gasteiger partial charge in [-0.1, -0.05) is 21.2 Å². The fourth-order valence-corrected chi connectivity index (χ4v) is 1.70. The molecule has 0 radical (unpaired) electrons. The first-order valence-corrected chi connectivity index (χ1v) is 5.33. The molecular formula is C8H6ClN5OS. The number of nitrogens with zero attached hydrogens (tertiary/aromatic N) is 3. The first-order valence-electron chi connectivity index (χ1n) is 4.17. The number of aromatic nitrogens is 3. The third kappa shape index (κ3) is 2.44. The number of nitrogens with two attached hydrogens (primary N) is 1. The molecule has 0 unspecified atom stereocenters. The van der Waals surface area contributed by atoms with Crippen molar-refractivity contribution in [2.24, 2.45) is 0 Å². The lowest BCUT2D eigenvalue weighted by Crippen LogP contribution is -2.12. The fraction of sp³-hybridized carbons (Fsp3) is 0. The number of nitrogen functional groups attached to an aromatic ring is 1. The van der Waals surface area contributed by atoms with E-state index in [4.69, 9.17) is 17.3 Å². The van der Waals surface area contributed by atoms with Gasteiger partial charge < -0.3 is 5.73 Å². The maximum Gasteiger partial charge on any atom is 0.257 e. The van der Waals surface area contributed by atoms with Crippen molar-refractivity contribution in [3.63, 3.8) is 0 Å². The Morgan fingerprint density at radius 1 is 1.44 bits per heavy atom. The van der Waals surface area contributed by atoms with Crippen LogP contribution in [0.4, 0.5) is 10.8 Å². The summed E-state index contributed by atoms with van der Waals surface area (Å²) in [5.41, 5.74) is 6.35. The van der Waals surface area contributed by atoms with Crippen molar-refractivity contribution in [3.05, 3.63) is 28.8 Å². The zero-order chi connectivity index (χ0) is 11.5. The highest BCUT2D eigenvalue weighted by atomic mass is 35.5. The van der Waals surface area contributed by atoms with Crippen molar-refractivity contribution >= 4 is 39.9 Å². The van der Waals surface area contributed by atoms with E-state index in [-0.39, 0.29) is 5.91 Å². The summed E-state index contributed by atoms with van der Waals surface area (Å²) in [6.07, 6.45) is 0. The molecule has 0 bridgehead atoms. The zero-order valence-electron chi connectivity index (χ0n) is 7.85. The SMILES string of the molecule is Nc1cc(Cl)cc(C(=O)Nc2nnns2)c1. The molecule has 82 valence electrons. The van der Waals surface area contributed by atoms with Crippen molar-refractivity contribution in [1.29, 1.82) is 0 Å². The van der Waals surface area contributed by atoms with Gasteiger partial charge in [-0.25, -0.2) is 0 Å². The van der Waals surface area contributed by atoms with Crippen LogP contribution < -0.4 is 11.1 Å². The highest BCUT2D eigenvalue weighted by Crippen LogP contribution is 2.17. The van der Waals surface area contributed by atoms with Crippen LogP contribution in [0.25, 0.3) is 0 Å². The van der Waals surface area contributed by atoms with Crippen LogP contribution in [0.15, 0.2) is 18.2 Å². The van der Waals surface area contributed by atoms with Gasteiger partial charge in [0.1, 0.15) is 0 Å². The largest absolute Gasteiger partial charge is 0.399 e. The van der Waals surface area contributed by atoms with E-state index >= 15 is 0 Å². The molecule has 0 aliphatic carbocycles. The molecule has 0 aliphatic rings. The van der Waals surface area contributed by atoms with Crippen LogP contribution in [-0.2, 0) is 0 Å². The quantitative estimate of drug-likeness (QED) is 0.792. The summed E-state index contributed by atoms with van der Waals surface area (Å²) in [5, 5.41) is 10.2. The molecule has 1 aromatic carbocycles. The monoisotopic (exact) mass is 255 g/mol. The minimum absolute atomic E-state index is 0.323. The van der Waals surface area contributed by atoms with Gasteiger partial charge in [-0.05, 0) is 23.4 Å². The zero-order valence-corrected chi connectivity index (χ0v) is 9.42. The Labute approximate surface area is 99.6 Å². The van der Waals surface area contributed by atoms with E-state index in [9.17, 15) is 4.79 Å². The van der Waals surface area contributed by atoms with E-state index in [0.717, 1.165) is 11.5 Å². The van der Waals surface area contributed by atoms with Gasteiger partial charge in [0.25, 0.3) is 5.91 Å². The predicted octanol–water partition coefficient (Wildman–Crippen LogP) is 1.42. The summed E-state index contributed by atoms with van der Waals surface area (Å²) in [4.78, 5) is 11.7. The van der Waals surface area contributed by atoms with Gasteiger partial charge >= 0.3 is 0 Å². The third-order valence-corrected chi connectivity index (χ3v) is 2.43. The van der Waals surface area contributed by atoms with E-state index in [1.807, 2.05) is 0 Å². The number of rotatable bonds is 2. The Morgan fingerprint density at radius 3 is 2.88 bits per heavy atom. The van der Waals surface area contributed by atoms with Crippen LogP contribution in [0.5, 0.6) is 0 Å². The van der Waals surface area contributed by atoms with E-state index < -0.39 is 0 Å². The molecular weight excluding hydrogens is 250 g/mol. The molecule has 2 rings (SSSR count). The smallest absolute Gasteiger partial charge is 0.257 e. The molecule has 3 N–H and O–H groups in total. The Balaban J connectivity index is 2.21. The van der Waals surface area contributed by atoms with Crippen molar-refractivity contribution in [2.75, 3.05) is 11.1 Å². The van der Waals surface area contributed by atoms with Gasteiger partial charge in [0, 0.05) is 27.8 Å².